The SMILES string of the molecule is CSc1cccc(Nc2nc(-c3cc(C)cs3)cs2)c1. The van der Waals surface area contributed by atoms with Gasteiger partial charge in [0.25, 0.3) is 0 Å². The number of aryl methyl sites for hydroxylation is 1. The summed E-state index contributed by atoms with van der Waals surface area (Å²) < 4.78 is 0. The molecule has 0 bridgehead atoms. The van der Waals surface area contributed by atoms with Crippen molar-refractivity contribution in [3.05, 3.63) is 46.7 Å². The lowest BCUT2D eigenvalue weighted by Gasteiger charge is -2.03. The third-order valence-corrected chi connectivity index (χ3v) is 5.36. The quantitative estimate of drug-likeness (QED) is 0.630. The number of hydrogen-bond acceptors (Lipinski definition) is 5. The van der Waals surface area contributed by atoms with Crippen molar-refractivity contribution >= 4 is 45.3 Å². The van der Waals surface area contributed by atoms with Crippen LogP contribution in [0.1, 0.15) is 5.56 Å². The third-order valence-electron chi connectivity index (χ3n) is 2.81. The molecule has 0 aliphatic rings. The summed E-state index contributed by atoms with van der Waals surface area (Å²) in [5, 5.41) is 8.57. The lowest BCUT2D eigenvalue weighted by atomic mass is 10.3. The molecule has 0 spiro atoms. The Morgan fingerprint density at radius 2 is 2.05 bits per heavy atom. The molecule has 0 radical (unpaired) electrons. The zero-order valence-corrected chi connectivity index (χ0v) is 13.7. The number of benzene rings is 1. The van der Waals surface area contributed by atoms with Gasteiger partial charge in [-0.1, -0.05) is 6.07 Å². The van der Waals surface area contributed by atoms with E-state index in [4.69, 9.17) is 0 Å². The third kappa shape index (κ3) is 3.06. The van der Waals surface area contributed by atoms with E-state index in [0.717, 1.165) is 16.5 Å². The minimum Gasteiger partial charge on any atom is -0.332 e. The van der Waals surface area contributed by atoms with Crippen LogP contribution in [0.4, 0.5) is 10.8 Å². The number of nitrogens with zero attached hydrogens (tertiary/aromatic N) is 1. The highest BCUT2D eigenvalue weighted by molar-refractivity contribution is 7.98. The summed E-state index contributed by atoms with van der Waals surface area (Å²) in [4.78, 5) is 7.13. The van der Waals surface area contributed by atoms with Gasteiger partial charge >= 0.3 is 0 Å². The Hall–Kier alpha value is -1.30. The van der Waals surface area contributed by atoms with Crippen molar-refractivity contribution in [1.82, 2.24) is 4.98 Å². The lowest BCUT2D eigenvalue weighted by Crippen LogP contribution is -1.89. The Labute approximate surface area is 130 Å². The molecule has 0 aliphatic carbocycles. The fourth-order valence-corrected chi connectivity index (χ4v) is 3.96. The van der Waals surface area contributed by atoms with Crippen molar-refractivity contribution in [2.75, 3.05) is 11.6 Å². The maximum absolute atomic E-state index is 4.66. The number of thiazole rings is 1. The van der Waals surface area contributed by atoms with Gasteiger partial charge in [-0.05, 0) is 48.4 Å². The Kier molecular flexibility index (Phi) is 4.10. The van der Waals surface area contributed by atoms with E-state index in [1.165, 1.54) is 15.3 Å². The van der Waals surface area contributed by atoms with Crippen molar-refractivity contribution in [3.63, 3.8) is 0 Å². The normalized spacial score (nSPS) is 10.7. The molecule has 3 aromatic rings. The zero-order chi connectivity index (χ0) is 13.9. The minimum atomic E-state index is 0.935. The Balaban J connectivity index is 1.80. The molecule has 0 amide bonds. The average Bonchev–Trinajstić information content (AvgIpc) is 3.08. The van der Waals surface area contributed by atoms with Crippen LogP contribution in [0, 0.1) is 6.92 Å². The molecule has 0 unspecified atom stereocenters. The molecule has 102 valence electrons. The molecule has 3 rings (SSSR count). The number of nitrogens with one attached hydrogen (secondary N) is 1. The summed E-state index contributed by atoms with van der Waals surface area (Å²) in [5.74, 6) is 0. The number of anilines is 2. The Morgan fingerprint density at radius 3 is 2.80 bits per heavy atom. The number of hydrogen-bond donors (Lipinski definition) is 1. The smallest absolute Gasteiger partial charge is 0.187 e. The molecule has 2 nitrogen and oxygen atoms in total. The number of rotatable bonds is 4. The van der Waals surface area contributed by atoms with Crippen molar-refractivity contribution in [3.8, 4) is 10.6 Å². The monoisotopic (exact) mass is 318 g/mol. The molecule has 5 heteroatoms. The number of thiophene rings is 1. The van der Waals surface area contributed by atoms with Crippen LogP contribution in [0.2, 0.25) is 0 Å². The zero-order valence-electron chi connectivity index (χ0n) is 11.2. The predicted molar refractivity (Wildman–Crippen MR) is 91.7 cm³/mol. The molecule has 0 fully saturated rings. The van der Waals surface area contributed by atoms with Crippen molar-refractivity contribution in [1.29, 1.82) is 0 Å². The van der Waals surface area contributed by atoms with Gasteiger partial charge in [0.15, 0.2) is 5.13 Å². The largest absolute Gasteiger partial charge is 0.332 e. The van der Waals surface area contributed by atoms with E-state index in [-0.39, 0.29) is 0 Å². The van der Waals surface area contributed by atoms with Gasteiger partial charge in [0.05, 0.1) is 10.6 Å². The van der Waals surface area contributed by atoms with Gasteiger partial charge in [-0.25, -0.2) is 4.98 Å². The van der Waals surface area contributed by atoms with Gasteiger partial charge in [-0.15, -0.1) is 34.4 Å². The van der Waals surface area contributed by atoms with Crippen LogP contribution in [-0.4, -0.2) is 11.2 Å². The topological polar surface area (TPSA) is 24.9 Å². The molecule has 0 aliphatic heterocycles. The van der Waals surface area contributed by atoms with Crippen LogP contribution in [0.5, 0.6) is 0 Å². The fraction of sp³-hybridized carbons (Fsp3) is 0.133. The van der Waals surface area contributed by atoms with Crippen LogP contribution in [0.25, 0.3) is 10.6 Å². The fourth-order valence-electron chi connectivity index (χ4n) is 1.83. The van der Waals surface area contributed by atoms with Crippen LogP contribution < -0.4 is 5.32 Å². The summed E-state index contributed by atoms with van der Waals surface area (Å²) in [7, 11) is 0. The molecular formula is C15H14N2S3. The van der Waals surface area contributed by atoms with Crippen molar-refractivity contribution < 1.29 is 0 Å². The number of aromatic nitrogens is 1. The predicted octanol–water partition coefficient (Wildman–Crippen LogP) is 5.65. The highest BCUT2D eigenvalue weighted by Crippen LogP contribution is 2.31. The van der Waals surface area contributed by atoms with E-state index in [1.807, 2.05) is 0 Å². The summed E-state index contributed by atoms with van der Waals surface area (Å²) in [6.07, 6.45) is 2.08. The first-order chi connectivity index (χ1) is 9.74. The summed E-state index contributed by atoms with van der Waals surface area (Å²) in [6.45, 7) is 2.11. The van der Waals surface area contributed by atoms with Gasteiger partial charge in [-0.2, -0.15) is 0 Å². The van der Waals surface area contributed by atoms with Crippen LogP contribution in [-0.2, 0) is 0 Å². The maximum atomic E-state index is 4.66. The van der Waals surface area contributed by atoms with Gasteiger partial charge in [0.2, 0.25) is 0 Å². The molecule has 0 atom stereocenters. The Bertz CT molecular complexity index is 715. The van der Waals surface area contributed by atoms with E-state index >= 15 is 0 Å². The Morgan fingerprint density at radius 1 is 1.15 bits per heavy atom. The molecule has 2 aromatic heterocycles. The van der Waals surface area contributed by atoms with E-state index < -0.39 is 0 Å². The van der Waals surface area contributed by atoms with Crippen molar-refractivity contribution in [2.24, 2.45) is 0 Å². The van der Waals surface area contributed by atoms with Gasteiger partial charge < -0.3 is 5.32 Å². The standard InChI is InChI=1S/C15H14N2S3/c1-10-6-14(19-8-10)13-9-20-15(17-13)16-11-4-3-5-12(7-11)18-2/h3-9H,1-2H3,(H,16,17). The first kappa shape index (κ1) is 13.7. The summed E-state index contributed by atoms with van der Waals surface area (Å²) in [5.41, 5.74) is 3.43. The molecular weight excluding hydrogens is 304 g/mol. The second-order valence-electron chi connectivity index (χ2n) is 4.38. The van der Waals surface area contributed by atoms with Gasteiger partial charge in [0.1, 0.15) is 0 Å². The van der Waals surface area contributed by atoms with Crippen LogP contribution in [0.3, 0.4) is 0 Å². The molecule has 1 N–H and O–H groups in total. The van der Waals surface area contributed by atoms with E-state index in [0.29, 0.717) is 0 Å². The first-order valence-electron chi connectivity index (χ1n) is 6.17. The molecule has 20 heavy (non-hydrogen) atoms. The minimum absolute atomic E-state index is 0.935. The molecule has 2 heterocycles. The lowest BCUT2D eigenvalue weighted by molar-refractivity contribution is 1.38. The van der Waals surface area contributed by atoms with E-state index in [9.17, 15) is 0 Å². The maximum Gasteiger partial charge on any atom is 0.187 e. The van der Waals surface area contributed by atoms with E-state index in [2.05, 4.69) is 64.6 Å². The highest BCUT2D eigenvalue weighted by Gasteiger charge is 2.07. The average molecular weight is 318 g/mol. The van der Waals surface area contributed by atoms with E-state index in [1.54, 1.807) is 34.4 Å². The van der Waals surface area contributed by atoms with Crippen LogP contribution in [0.15, 0.2) is 46.0 Å². The molecule has 1 aromatic carbocycles. The van der Waals surface area contributed by atoms with Crippen LogP contribution >= 0.6 is 34.4 Å². The second-order valence-corrected chi connectivity index (χ2v) is 7.03. The highest BCUT2D eigenvalue weighted by atomic mass is 32.2. The van der Waals surface area contributed by atoms with Crippen molar-refractivity contribution in [2.45, 2.75) is 11.8 Å². The summed E-state index contributed by atoms with van der Waals surface area (Å²) >= 11 is 5.12. The van der Waals surface area contributed by atoms with Gasteiger partial charge in [0, 0.05) is 16.0 Å². The van der Waals surface area contributed by atoms with Gasteiger partial charge in [-0.3, -0.25) is 0 Å². The summed E-state index contributed by atoms with van der Waals surface area (Å²) in [6, 6.07) is 10.6. The molecule has 0 saturated heterocycles. The number of thioether (sulfide) groups is 1. The first-order valence-corrected chi connectivity index (χ1v) is 9.15. The molecule has 0 saturated carbocycles. The second kappa shape index (κ2) is 5.99.